The Morgan fingerprint density at radius 3 is 2.68 bits per heavy atom. The van der Waals surface area contributed by atoms with Gasteiger partial charge in [-0.3, -0.25) is 14.4 Å². The number of ether oxygens (including phenoxy) is 2. The Bertz CT molecular complexity index is 772. The largest absolute Gasteiger partial charge is 0.487 e. The highest BCUT2D eigenvalue weighted by Gasteiger charge is 2.29. The molecular weight excluding hydrogens is 380 g/mol. The molecule has 0 spiro atoms. The van der Waals surface area contributed by atoms with Crippen molar-refractivity contribution in [3.63, 3.8) is 0 Å². The third kappa shape index (κ3) is 4.86. The second-order valence-corrected chi connectivity index (χ2v) is 7.50. The molecule has 1 aromatic rings. The van der Waals surface area contributed by atoms with Crippen LogP contribution in [0.3, 0.4) is 0 Å². The molecule has 0 unspecified atom stereocenters. The zero-order valence-corrected chi connectivity index (χ0v) is 16.6. The van der Waals surface area contributed by atoms with Gasteiger partial charge in [-0.05, 0) is 31.9 Å². The fraction of sp³-hybridized carbons (Fsp3) is 0.450. The van der Waals surface area contributed by atoms with Crippen LogP contribution < -0.4 is 5.32 Å². The maximum absolute atomic E-state index is 13.0. The number of nitrogens with zero attached hydrogens (tertiary/aromatic N) is 1. The molecule has 0 radical (unpaired) electrons. The number of carbonyl (C=O) groups excluding carboxylic acids is 3. The van der Waals surface area contributed by atoms with Crippen LogP contribution in [-0.4, -0.2) is 54.7 Å². The van der Waals surface area contributed by atoms with E-state index in [0.717, 1.165) is 5.75 Å². The molecule has 2 aliphatic heterocycles. The number of thioether (sulfide) groups is 1. The van der Waals surface area contributed by atoms with E-state index in [1.165, 1.54) is 11.8 Å². The van der Waals surface area contributed by atoms with Gasteiger partial charge in [0.2, 0.25) is 0 Å². The fourth-order valence-electron chi connectivity index (χ4n) is 3.20. The molecule has 2 amide bonds. The first-order valence-corrected chi connectivity index (χ1v) is 10.5. The minimum Gasteiger partial charge on any atom is -0.487 e. The van der Waals surface area contributed by atoms with Crippen molar-refractivity contribution in [2.45, 2.75) is 19.8 Å². The topological polar surface area (TPSA) is 84.9 Å². The zero-order valence-electron chi connectivity index (χ0n) is 15.8. The molecule has 8 heteroatoms. The summed E-state index contributed by atoms with van der Waals surface area (Å²) in [4.78, 5) is 39.0. The Labute approximate surface area is 168 Å². The van der Waals surface area contributed by atoms with E-state index >= 15 is 0 Å². The second-order valence-electron chi connectivity index (χ2n) is 6.52. The Morgan fingerprint density at radius 2 is 2.00 bits per heavy atom. The van der Waals surface area contributed by atoms with E-state index in [1.807, 2.05) is 0 Å². The molecule has 0 saturated carbocycles. The lowest BCUT2D eigenvalue weighted by Gasteiger charge is -2.31. The van der Waals surface area contributed by atoms with Crippen molar-refractivity contribution in [3.05, 3.63) is 41.0 Å². The van der Waals surface area contributed by atoms with Crippen LogP contribution in [0.2, 0.25) is 0 Å². The smallest absolute Gasteiger partial charge is 0.309 e. The van der Waals surface area contributed by atoms with E-state index in [-0.39, 0.29) is 29.5 Å². The highest BCUT2D eigenvalue weighted by molar-refractivity contribution is 8.02. The number of hydrogen-bond donors (Lipinski definition) is 1. The van der Waals surface area contributed by atoms with Gasteiger partial charge in [-0.2, -0.15) is 0 Å². The molecule has 1 saturated heterocycles. The third-order valence-corrected chi connectivity index (χ3v) is 5.46. The maximum Gasteiger partial charge on any atom is 0.309 e. The SMILES string of the molecule is CCOC(=O)C1CCN(C(=O)c2ccccc2NC(=O)C2=CSCCO2)CC1. The van der Waals surface area contributed by atoms with Gasteiger partial charge in [0, 0.05) is 24.3 Å². The molecule has 0 aromatic heterocycles. The van der Waals surface area contributed by atoms with Gasteiger partial charge < -0.3 is 19.7 Å². The fourth-order valence-corrected chi connectivity index (χ4v) is 3.82. The lowest BCUT2D eigenvalue weighted by atomic mass is 9.96. The molecule has 0 bridgehead atoms. The number of likely N-dealkylation sites (tertiary alicyclic amines) is 1. The predicted molar refractivity (Wildman–Crippen MR) is 107 cm³/mol. The first-order chi connectivity index (χ1) is 13.6. The minimum absolute atomic E-state index is 0.160. The van der Waals surface area contributed by atoms with E-state index < -0.39 is 0 Å². The Kier molecular flexibility index (Phi) is 6.97. The first-order valence-electron chi connectivity index (χ1n) is 9.41. The van der Waals surface area contributed by atoms with Gasteiger partial charge in [-0.15, -0.1) is 11.8 Å². The molecule has 1 N–H and O–H groups in total. The number of anilines is 1. The molecule has 1 fully saturated rings. The van der Waals surface area contributed by atoms with Crippen molar-refractivity contribution in [3.8, 4) is 0 Å². The Balaban J connectivity index is 1.65. The summed E-state index contributed by atoms with van der Waals surface area (Å²) in [6.45, 7) is 3.60. The summed E-state index contributed by atoms with van der Waals surface area (Å²) in [6.07, 6.45) is 1.16. The van der Waals surface area contributed by atoms with Crippen LogP contribution in [0.1, 0.15) is 30.1 Å². The van der Waals surface area contributed by atoms with Crippen LogP contribution in [0.25, 0.3) is 0 Å². The Hall–Kier alpha value is -2.48. The minimum atomic E-state index is -0.367. The molecule has 3 rings (SSSR count). The van der Waals surface area contributed by atoms with Crippen LogP contribution >= 0.6 is 11.8 Å². The molecule has 28 heavy (non-hydrogen) atoms. The van der Waals surface area contributed by atoms with Gasteiger partial charge in [0.05, 0.1) is 30.4 Å². The van der Waals surface area contributed by atoms with Crippen molar-refractivity contribution >= 4 is 35.2 Å². The number of amides is 2. The molecule has 0 aliphatic carbocycles. The Morgan fingerprint density at radius 1 is 1.25 bits per heavy atom. The summed E-state index contributed by atoms with van der Waals surface area (Å²) in [6, 6.07) is 6.93. The monoisotopic (exact) mass is 404 g/mol. The van der Waals surface area contributed by atoms with Gasteiger partial charge in [0.1, 0.15) is 0 Å². The van der Waals surface area contributed by atoms with E-state index in [9.17, 15) is 14.4 Å². The summed E-state index contributed by atoms with van der Waals surface area (Å²) in [5, 5.41) is 4.46. The normalized spacial score (nSPS) is 17.3. The van der Waals surface area contributed by atoms with E-state index in [4.69, 9.17) is 9.47 Å². The summed E-state index contributed by atoms with van der Waals surface area (Å²) >= 11 is 1.52. The lowest BCUT2D eigenvalue weighted by Crippen LogP contribution is -2.41. The number of carbonyl (C=O) groups is 3. The average Bonchev–Trinajstić information content (AvgIpc) is 2.74. The van der Waals surface area contributed by atoms with Crippen LogP contribution in [0.15, 0.2) is 35.4 Å². The summed E-state index contributed by atoms with van der Waals surface area (Å²) in [7, 11) is 0. The van der Waals surface area contributed by atoms with Crippen molar-refractivity contribution in [2.75, 3.05) is 37.4 Å². The average molecular weight is 404 g/mol. The first kappa shape index (κ1) is 20.3. The standard InChI is InChI=1S/C20H24N2O5S/c1-2-26-20(25)14-7-9-22(10-8-14)19(24)15-5-3-4-6-16(15)21-18(23)17-13-28-12-11-27-17/h3-6,13-14H,2,7-12H2,1H3,(H,21,23). The van der Waals surface area contributed by atoms with Crippen molar-refractivity contribution in [2.24, 2.45) is 5.92 Å². The highest BCUT2D eigenvalue weighted by atomic mass is 32.2. The van der Waals surface area contributed by atoms with Crippen LogP contribution in [0.5, 0.6) is 0 Å². The summed E-state index contributed by atoms with van der Waals surface area (Å²) in [5.41, 5.74) is 0.875. The number of hydrogen-bond acceptors (Lipinski definition) is 6. The number of nitrogens with one attached hydrogen (secondary N) is 1. The van der Waals surface area contributed by atoms with Gasteiger partial charge in [0.25, 0.3) is 11.8 Å². The summed E-state index contributed by atoms with van der Waals surface area (Å²) in [5.74, 6) is 0.189. The number of rotatable bonds is 5. The second kappa shape index (κ2) is 9.64. The van der Waals surface area contributed by atoms with Crippen LogP contribution in [-0.2, 0) is 19.1 Å². The molecular formula is C20H24N2O5S. The van der Waals surface area contributed by atoms with Gasteiger partial charge in [-0.1, -0.05) is 12.1 Å². The third-order valence-electron chi connectivity index (χ3n) is 4.68. The summed E-state index contributed by atoms with van der Waals surface area (Å²) < 4.78 is 10.4. The lowest BCUT2D eigenvalue weighted by molar-refractivity contribution is -0.149. The van der Waals surface area contributed by atoms with E-state index in [1.54, 1.807) is 41.5 Å². The van der Waals surface area contributed by atoms with Crippen LogP contribution in [0, 0.1) is 5.92 Å². The number of benzene rings is 1. The van der Waals surface area contributed by atoms with Crippen molar-refractivity contribution in [1.82, 2.24) is 4.90 Å². The highest BCUT2D eigenvalue weighted by Crippen LogP contribution is 2.24. The van der Waals surface area contributed by atoms with E-state index in [0.29, 0.717) is 50.4 Å². The van der Waals surface area contributed by atoms with Gasteiger partial charge in [0.15, 0.2) is 5.76 Å². The number of para-hydroxylation sites is 1. The molecule has 1 aromatic carbocycles. The van der Waals surface area contributed by atoms with Gasteiger partial charge >= 0.3 is 5.97 Å². The molecule has 2 aliphatic rings. The zero-order chi connectivity index (χ0) is 19.9. The van der Waals surface area contributed by atoms with Crippen LogP contribution in [0.4, 0.5) is 5.69 Å². The predicted octanol–water partition coefficient (Wildman–Crippen LogP) is 2.65. The molecule has 2 heterocycles. The van der Waals surface area contributed by atoms with Crippen molar-refractivity contribution in [1.29, 1.82) is 0 Å². The molecule has 150 valence electrons. The van der Waals surface area contributed by atoms with Gasteiger partial charge in [-0.25, -0.2) is 0 Å². The number of esters is 1. The molecule has 0 atom stereocenters. The maximum atomic E-state index is 13.0. The van der Waals surface area contributed by atoms with E-state index in [2.05, 4.69) is 5.32 Å². The molecule has 7 nitrogen and oxygen atoms in total. The number of piperidine rings is 1. The quantitative estimate of drug-likeness (QED) is 0.760. The van der Waals surface area contributed by atoms with Crippen molar-refractivity contribution < 1.29 is 23.9 Å².